The van der Waals surface area contributed by atoms with Crippen LogP contribution in [0.15, 0.2) is 42.6 Å². The van der Waals surface area contributed by atoms with Crippen LogP contribution in [0, 0.1) is 0 Å². The molecule has 2 heterocycles. The van der Waals surface area contributed by atoms with Crippen LogP contribution in [-0.4, -0.2) is 20.5 Å². The molecule has 0 radical (unpaired) electrons. The molecule has 0 amide bonds. The molecule has 0 aliphatic carbocycles. The van der Waals surface area contributed by atoms with Gasteiger partial charge in [0.1, 0.15) is 11.3 Å². The number of nitrogens with two attached hydrogens (primary N) is 1. The first-order chi connectivity index (χ1) is 9.58. The summed E-state index contributed by atoms with van der Waals surface area (Å²) in [7, 11) is 0. The Morgan fingerprint density at radius 3 is 2.60 bits per heavy atom. The second kappa shape index (κ2) is 4.54. The maximum atomic E-state index is 11.3. The van der Waals surface area contributed by atoms with Crippen molar-refractivity contribution in [1.82, 2.24) is 9.38 Å². The van der Waals surface area contributed by atoms with Crippen LogP contribution in [0.4, 0.5) is 5.69 Å². The lowest BCUT2D eigenvalue weighted by molar-refractivity contribution is 0.0693. The summed E-state index contributed by atoms with van der Waals surface area (Å²) in [5.74, 6) is -0.595. The number of halogens is 1. The van der Waals surface area contributed by atoms with Crippen molar-refractivity contribution in [3.63, 3.8) is 0 Å². The van der Waals surface area contributed by atoms with Crippen molar-refractivity contribution in [1.29, 1.82) is 0 Å². The Labute approximate surface area is 119 Å². The summed E-state index contributed by atoms with van der Waals surface area (Å²) in [4.78, 5) is 15.5. The Hall–Kier alpha value is -2.53. The molecule has 2 aromatic heterocycles. The van der Waals surface area contributed by atoms with Crippen LogP contribution in [0.5, 0.6) is 0 Å². The maximum absolute atomic E-state index is 11.3. The van der Waals surface area contributed by atoms with Crippen LogP contribution in [0.3, 0.4) is 0 Å². The normalized spacial score (nSPS) is 10.8. The molecule has 100 valence electrons. The number of imidazole rings is 1. The SMILES string of the molecule is Nc1cccn2c(-c3ccc(Cl)cc3)nc(C(=O)O)c12. The summed E-state index contributed by atoms with van der Waals surface area (Å²) in [6, 6.07) is 10.4. The third-order valence-corrected chi connectivity index (χ3v) is 3.25. The van der Waals surface area contributed by atoms with E-state index in [1.165, 1.54) is 0 Å². The average molecular weight is 288 g/mol. The van der Waals surface area contributed by atoms with E-state index in [4.69, 9.17) is 17.3 Å². The molecule has 6 heteroatoms. The van der Waals surface area contributed by atoms with Gasteiger partial charge in [-0.2, -0.15) is 0 Å². The van der Waals surface area contributed by atoms with Gasteiger partial charge in [0, 0.05) is 16.8 Å². The van der Waals surface area contributed by atoms with Gasteiger partial charge in [0.2, 0.25) is 0 Å². The minimum atomic E-state index is -1.11. The Morgan fingerprint density at radius 2 is 1.95 bits per heavy atom. The maximum Gasteiger partial charge on any atom is 0.356 e. The topological polar surface area (TPSA) is 80.6 Å². The fourth-order valence-electron chi connectivity index (χ4n) is 2.12. The Bertz CT molecular complexity index is 809. The molecule has 0 saturated heterocycles. The number of carbonyl (C=O) groups is 1. The highest BCUT2D eigenvalue weighted by Crippen LogP contribution is 2.27. The van der Waals surface area contributed by atoms with E-state index in [1.54, 1.807) is 47.0 Å². The van der Waals surface area contributed by atoms with Crippen molar-refractivity contribution in [2.24, 2.45) is 0 Å². The number of pyridine rings is 1. The van der Waals surface area contributed by atoms with Gasteiger partial charge in [-0.1, -0.05) is 11.6 Å². The highest BCUT2D eigenvalue weighted by Gasteiger charge is 2.19. The number of carboxylic acid groups (broad SMARTS) is 1. The molecule has 0 fully saturated rings. The Kier molecular flexibility index (Phi) is 2.84. The molecular formula is C14H10ClN3O2. The van der Waals surface area contributed by atoms with Gasteiger partial charge in [-0.3, -0.25) is 4.40 Å². The van der Waals surface area contributed by atoms with Gasteiger partial charge in [-0.05, 0) is 36.4 Å². The van der Waals surface area contributed by atoms with Gasteiger partial charge >= 0.3 is 5.97 Å². The third kappa shape index (κ3) is 1.88. The molecule has 0 aliphatic rings. The highest BCUT2D eigenvalue weighted by atomic mass is 35.5. The molecule has 3 rings (SSSR count). The first kappa shape index (κ1) is 12.5. The molecule has 1 aromatic carbocycles. The number of fused-ring (bicyclic) bond motifs is 1. The monoisotopic (exact) mass is 287 g/mol. The van der Waals surface area contributed by atoms with E-state index in [1.807, 2.05) is 0 Å². The number of aromatic nitrogens is 2. The van der Waals surface area contributed by atoms with Crippen LogP contribution in [0.2, 0.25) is 5.02 Å². The van der Waals surface area contributed by atoms with Crippen molar-refractivity contribution >= 4 is 28.8 Å². The Balaban J connectivity index is 2.34. The zero-order valence-corrected chi connectivity index (χ0v) is 11.0. The van der Waals surface area contributed by atoms with E-state index in [2.05, 4.69) is 4.98 Å². The van der Waals surface area contributed by atoms with Crippen LogP contribution >= 0.6 is 11.6 Å². The van der Waals surface area contributed by atoms with Crippen molar-refractivity contribution < 1.29 is 9.90 Å². The smallest absolute Gasteiger partial charge is 0.356 e. The average Bonchev–Trinajstić information content (AvgIpc) is 2.81. The lowest BCUT2D eigenvalue weighted by Gasteiger charge is -2.02. The molecule has 0 bridgehead atoms. The van der Waals surface area contributed by atoms with Crippen molar-refractivity contribution in [3.05, 3.63) is 53.3 Å². The zero-order chi connectivity index (χ0) is 14.3. The van der Waals surface area contributed by atoms with Crippen molar-refractivity contribution in [2.75, 3.05) is 5.73 Å². The molecular weight excluding hydrogens is 278 g/mol. The van der Waals surface area contributed by atoms with E-state index in [9.17, 15) is 9.90 Å². The molecule has 0 saturated carbocycles. The minimum absolute atomic E-state index is 0.0620. The molecule has 0 aliphatic heterocycles. The summed E-state index contributed by atoms with van der Waals surface area (Å²) in [5.41, 5.74) is 7.34. The number of hydrogen-bond donors (Lipinski definition) is 2. The second-order valence-electron chi connectivity index (χ2n) is 4.28. The van der Waals surface area contributed by atoms with E-state index < -0.39 is 5.97 Å². The molecule has 0 atom stereocenters. The minimum Gasteiger partial charge on any atom is -0.476 e. The number of anilines is 1. The second-order valence-corrected chi connectivity index (χ2v) is 4.71. The van der Waals surface area contributed by atoms with E-state index in [0.717, 1.165) is 5.56 Å². The number of nitrogens with zero attached hydrogens (tertiary/aromatic N) is 2. The molecule has 3 N–H and O–H groups in total. The fraction of sp³-hybridized carbons (Fsp3) is 0. The summed E-state index contributed by atoms with van der Waals surface area (Å²) < 4.78 is 1.67. The van der Waals surface area contributed by atoms with Gasteiger partial charge in [0.15, 0.2) is 5.69 Å². The van der Waals surface area contributed by atoms with Crippen molar-refractivity contribution in [2.45, 2.75) is 0 Å². The molecule has 0 spiro atoms. The predicted octanol–water partition coefficient (Wildman–Crippen LogP) is 2.94. The van der Waals surface area contributed by atoms with E-state index in [0.29, 0.717) is 22.1 Å². The van der Waals surface area contributed by atoms with Gasteiger partial charge < -0.3 is 10.8 Å². The first-order valence-electron chi connectivity index (χ1n) is 5.83. The van der Waals surface area contributed by atoms with Crippen molar-refractivity contribution in [3.8, 4) is 11.4 Å². The zero-order valence-electron chi connectivity index (χ0n) is 10.2. The van der Waals surface area contributed by atoms with Gasteiger partial charge in [0.05, 0.1) is 5.69 Å². The van der Waals surface area contributed by atoms with E-state index >= 15 is 0 Å². The standard InChI is InChI=1S/C14H10ClN3O2/c15-9-5-3-8(4-6-9)13-17-11(14(19)20)12-10(16)2-1-7-18(12)13/h1-7H,16H2,(H,19,20). The number of rotatable bonds is 2. The summed E-state index contributed by atoms with van der Waals surface area (Å²) in [6.07, 6.45) is 1.73. The molecule has 0 unspecified atom stereocenters. The lowest BCUT2D eigenvalue weighted by atomic mass is 10.2. The summed E-state index contributed by atoms with van der Waals surface area (Å²) in [5, 5.41) is 9.86. The fourth-order valence-corrected chi connectivity index (χ4v) is 2.24. The highest BCUT2D eigenvalue weighted by molar-refractivity contribution is 6.30. The van der Waals surface area contributed by atoms with Crippen LogP contribution in [-0.2, 0) is 0 Å². The van der Waals surface area contributed by atoms with Crippen LogP contribution in [0.1, 0.15) is 10.5 Å². The van der Waals surface area contributed by atoms with Gasteiger partial charge in [0.25, 0.3) is 0 Å². The quantitative estimate of drug-likeness (QED) is 0.759. The molecule has 20 heavy (non-hydrogen) atoms. The summed E-state index contributed by atoms with van der Waals surface area (Å²) in [6.45, 7) is 0. The van der Waals surface area contributed by atoms with E-state index in [-0.39, 0.29) is 5.69 Å². The number of hydrogen-bond acceptors (Lipinski definition) is 3. The summed E-state index contributed by atoms with van der Waals surface area (Å²) >= 11 is 5.86. The lowest BCUT2D eigenvalue weighted by Crippen LogP contribution is -2.00. The van der Waals surface area contributed by atoms with Gasteiger partial charge in [-0.15, -0.1) is 0 Å². The molecule has 5 nitrogen and oxygen atoms in total. The van der Waals surface area contributed by atoms with Crippen LogP contribution < -0.4 is 5.73 Å². The third-order valence-electron chi connectivity index (χ3n) is 3.00. The number of nitrogen functional groups attached to an aromatic ring is 1. The predicted molar refractivity (Wildman–Crippen MR) is 77.0 cm³/mol. The largest absolute Gasteiger partial charge is 0.476 e. The molecule has 3 aromatic rings. The first-order valence-corrected chi connectivity index (χ1v) is 6.21. The number of carboxylic acids is 1. The van der Waals surface area contributed by atoms with Crippen LogP contribution in [0.25, 0.3) is 16.9 Å². The number of aromatic carboxylic acids is 1. The Morgan fingerprint density at radius 1 is 1.25 bits per heavy atom. The number of benzene rings is 1. The van der Waals surface area contributed by atoms with Gasteiger partial charge in [-0.25, -0.2) is 9.78 Å².